The van der Waals surface area contributed by atoms with Crippen molar-refractivity contribution in [1.82, 2.24) is 5.32 Å². The molecule has 1 unspecified atom stereocenters. The van der Waals surface area contributed by atoms with Crippen molar-refractivity contribution >= 4 is 11.8 Å². The molecule has 0 radical (unpaired) electrons. The van der Waals surface area contributed by atoms with E-state index in [0.717, 1.165) is 12.5 Å². The Morgan fingerprint density at radius 2 is 2.17 bits per heavy atom. The Morgan fingerprint density at radius 3 is 2.67 bits per heavy atom. The van der Waals surface area contributed by atoms with E-state index in [2.05, 4.69) is 5.32 Å². The van der Waals surface area contributed by atoms with Gasteiger partial charge >= 0.3 is 0 Å². The van der Waals surface area contributed by atoms with Gasteiger partial charge < -0.3 is 10.4 Å². The quantitative estimate of drug-likeness (QED) is 0.691. The van der Waals surface area contributed by atoms with E-state index in [4.69, 9.17) is 5.11 Å². The standard InChI is InChI=1S/C9H19NOS/c1-10-6-9(7-11)8-2-4-12-5-3-8/h8-11H,2-7H2,1H3. The van der Waals surface area contributed by atoms with Gasteiger partial charge in [0.2, 0.25) is 0 Å². The van der Waals surface area contributed by atoms with Crippen molar-refractivity contribution < 1.29 is 5.11 Å². The van der Waals surface area contributed by atoms with Crippen LogP contribution in [0.15, 0.2) is 0 Å². The molecule has 0 aromatic heterocycles. The molecule has 1 rings (SSSR count). The first-order chi connectivity index (χ1) is 5.88. The molecule has 1 atom stereocenters. The monoisotopic (exact) mass is 189 g/mol. The van der Waals surface area contributed by atoms with Crippen LogP contribution < -0.4 is 5.32 Å². The molecule has 3 heteroatoms. The molecule has 0 bridgehead atoms. The van der Waals surface area contributed by atoms with Crippen LogP contribution >= 0.6 is 11.8 Å². The molecule has 12 heavy (non-hydrogen) atoms. The van der Waals surface area contributed by atoms with Crippen LogP contribution in [0.3, 0.4) is 0 Å². The van der Waals surface area contributed by atoms with Crippen molar-refractivity contribution in [2.45, 2.75) is 12.8 Å². The van der Waals surface area contributed by atoms with Gasteiger partial charge in [0, 0.05) is 13.2 Å². The SMILES string of the molecule is CNCC(CO)C1CCSCC1. The van der Waals surface area contributed by atoms with Gasteiger partial charge in [0.25, 0.3) is 0 Å². The van der Waals surface area contributed by atoms with Crippen molar-refractivity contribution in [3.8, 4) is 0 Å². The summed E-state index contributed by atoms with van der Waals surface area (Å²) in [6.45, 7) is 1.31. The molecule has 0 aromatic rings. The minimum Gasteiger partial charge on any atom is -0.396 e. The van der Waals surface area contributed by atoms with Gasteiger partial charge in [-0.2, -0.15) is 11.8 Å². The summed E-state index contributed by atoms with van der Waals surface area (Å²) in [6.07, 6.45) is 2.58. The summed E-state index contributed by atoms with van der Waals surface area (Å²) in [7, 11) is 1.96. The fourth-order valence-corrected chi connectivity index (χ4v) is 2.97. The number of aliphatic hydroxyl groups is 1. The first-order valence-electron chi connectivity index (χ1n) is 4.71. The van der Waals surface area contributed by atoms with E-state index in [1.165, 1.54) is 24.3 Å². The number of thioether (sulfide) groups is 1. The zero-order valence-corrected chi connectivity index (χ0v) is 8.57. The maximum atomic E-state index is 9.16. The molecular formula is C9H19NOS. The first kappa shape index (κ1) is 10.4. The maximum absolute atomic E-state index is 9.16. The Morgan fingerprint density at radius 1 is 1.50 bits per heavy atom. The molecule has 0 aromatic carbocycles. The first-order valence-corrected chi connectivity index (χ1v) is 5.87. The highest BCUT2D eigenvalue weighted by atomic mass is 32.2. The van der Waals surface area contributed by atoms with Crippen molar-refractivity contribution in [3.63, 3.8) is 0 Å². The van der Waals surface area contributed by atoms with Crippen LogP contribution in [0.5, 0.6) is 0 Å². The molecule has 0 saturated carbocycles. The second-order valence-electron chi connectivity index (χ2n) is 3.45. The topological polar surface area (TPSA) is 32.3 Å². The summed E-state index contributed by atoms with van der Waals surface area (Å²) in [5.74, 6) is 3.80. The van der Waals surface area contributed by atoms with Gasteiger partial charge in [0.05, 0.1) is 0 Å². The lowest BCUT2D eigenvalue weighted by atomic mass is 9.88. The highest BCUT2D eigenvalue weighted by Crippen LogP contribution is 2.28. The second kappa shape index (κ2) is 5.84. The summed E-state index contributed by atoms with van der Waals surface area (Å²) in [6, 6.07) is 0. The third-order valence-corrected chi connectivity index (χ3v) is 3.68. The van der Waals surface area contributed by atoms with E-state index in [-0.39, 0.29) is 0 Å². The van der Waals surface area contributed by atoms with E-state index in [1.807, 2.05) is 18.8 Å². The molecule has 1 aliphatic heterocycles. The zero-order valence-electron chi connectivity index (χ0n) is 7.75. The minimum atomic E-state index is 0.343. The largest absolute Gasteiger partial charge is 0.396 e. The van der Waals surface area contributed by atoms with E-state index < -0.39 is 0 Å². The Labute approximate surface area is 79.1 Å². The molecule has 0 spiro atoms. The molecular weight excluding hydrogens is 170 g/mol. The Kier molecular flexibility index (Phi) is 5.04. The van der Waals surface area contributed by atoms with Crippen LogP contribution in [0.25, 0.3) is 0 Å². The van der Waals surface area contributed by atoms with Gasteiger partial charge in [-0.05, 0) is 43.2 Å². The van der Waals surface area contributed by atoms with Gasteiger partial charge in [-0.1, -0.05) is 0 Å². The maximum Gasteiger partial charge on any atom is 0.0474 e. The highest BCUT2D eigenvalue weighted by molar-refractivity contribution is 7.99. The lowest BCUT2D eigenvalue weighted by Crippen LogP contribution is -2.31. The van der Waals surface area contributed by atoms with Crippen molar-refractivity contribution in [1.29, 1.82) is 0 Å². The summed E-state index contributed by atoms with van der Waals surface area (Å²) < 4.78 is 0. The van der Waals surface area contributed by atoms with Crippen LogP contribution in [-0.2, 0) is 0 Å². The van der Waals surface area contributed by atoms with Gasteiger partial charge in [-0.15, -0.1) is 0 Å². The summed E-state index contributed by atoms with van der Waals surface area (Å²) in [4.78, 5) is 0. The number of nitrogens with one attached hydrogen (secondary N) is 1. The van der Waals surface area contributed by atoms with Crippen molar-refractivity contribution in [3.05, 3.63) is 0 Å². The second-order valence-corrected chi connectivity index (χ2v) is 4.67. The van der Waals surface area contributed by atoms with Crippen molar-refractivity contribution in [2.75, 3.05) is 31.7 Å². The summed E-state index contributed by atoms with van der Waals surface area (Å²) in [5.41, 5.74) is 0. The van der Waals surface area contributed by atoms with E-state index in [0.29, 0.717) is 12.5 Å². The van der Waals surface area contributed by atoms with Crippen LogP contribution in [-0.4, -0.2) is 36.8 Å². The van der Waals surface area contributed by atoms with Gasteiger partial charge in [-0.3, -0.25) is 0 Å². The van der Waals surface area contributed by atoms with Gasteiger partial charge in [0.15, 0.2) is 0 Å². The molecule has 1 saturated heterocycles. The Bertz CT molecular complexity index is 112. The van der Waals surface area contributed by atoms with Gasteiger partial charge in [-0.25, -0.2) is 0 Å². The Balaban J connectivity index is 2.29. The molecule has 1 heterocycles. The predicted octanol–water partition coefficient (Wildman–Crippen LogP) is 0.957. The summed E-state index contributed by atoms with van der Waals surface area (Å²) in [5, 5.41) is 12.3. The van der Waals surface area contributed by atoms with Crippen LogP contribution in [0.2, 0.25) is 0 Å². The van der Waals surface area contributed by atoms with E-state index >= 15 is 0 Å². The van der Waals surface area contributed by atoms with Crippen LogP contribution in [0, 0.1) is 11.8 Å². The number of hydrogen-bond donors (Lipinski definition) is 2. The third-order valence-electron chi connectivity index (χ3n) is 2.63. The van der Waals surface area contributed by atoms with Crippen LogP contribution in [0.4, 0.5) is 0 Å². The molecule has 1 fully saturated rings. The highest BCUT2D eigenvalue weighted by Gasteiger charge is 2.22. The average Bonchev–Trinajstić information content (AvgIpc) is 2.15. The zero-order chi connectivity index (χ0) is 8.81. The third kappa shape index (κ3) is 2.96. The molecule has 1 aliphatic rings. The molecule has 72 valence electrons. The van der Waals surface area contributed by atoms with Crippen molar-refractivity contribution in [2.24, 2.45) is 11.8 Å². The molecule has 2 nitrogen and oxygen atoms in total. The molecule has 2 N–H and O–H groups in total. The average molecular weight is 189 g/mol. The fraction of sp³-hybridized carbons (Fsp3) is 1.00. The van der Waals surface area contributed by atoms with Gasteiger partial charge in [0.1, 0.15) is 0 Å². The normalized spacial score (nSPS) is 22.5. The predicted molar refractivity (Wildman–Crippen MR) is 54.6 cm³/mol. The smallest absolute Gasteiger partial charge is 0.0474 e. The molecule has 0 aliphatic carbocycles. The Hall–Kier alpha value is 0.270. The van der Waals surface area contributed by atoms with Crippen LogP contribution in [0.1, 0.15) is 12.8 Å². The lowest BCUT2D eigenvalue weighted by molar-refractivity contribution is 0.167. The summed E-state index contributed by atoms with van der Waals surface area (Å²) >= 11 is 2.04. The minimum absolute atomic E-state index is 0.343. The fourth-order valence-electron chi connectivity index (χ4n) is 1.83. The number of aliphatic hydroxyl groups excluding tert-OH is 1. The lowest BCUT2D eigenvalue weighted by Gasteiger charge is -2.28. The van der Waals surface area contributed by atoms with E-state index in [1.54, 1.807) is 0 Å². The number of rotatable bonds is 4. The van der Waals surface area contributed by atoms with E-state index in [9.17, 15) is 0 Å². The molecule has 0 amide bonds. The number of hydrogen-bond acceptors (Lipinski definition) is 3.